The van der Waals surface area contributed by atoms with Crippen molar-refractivity contribution in [2.45, 2.75) is 44.7 Å². The van der Waals surface area contributed by atoms with Crippen LogP contribution in [0.1, 0.15) is 31.7 Å². The Labute approximate surface area is 137 Å². The second kappa shape index (κ2) is 6.60. The number of rotatable bonds is 4. The van der Waals surface area contributed by atoms with E-state index in [1.165, 1.54) is 0 Å². The molecule has 1 aromatic carbocycles. The van der Waals surface area contributed by atoms with Crippen molar-refractivity contribution in [3.05, 3.63) is 29.8 Å². The molecule has 1 aromatic rings. The van der Waals surface area contributed by atoms with E-state index in [1.54, 1.807) is 7.11 Å². The first kappa shape index (κ1) is 15.8. The number of likely N-dealkylation sites (tertiary alicyclic amines) is 2. The lowest BCUT2D eigenvalue weighted by Gasteiger charge is -2.39. The molecule has 2 aliphatic heterocycles. The zero-order valence-electron chi connectivity index (χ0n) is 13.8. The molecular formula is C18H24N2O3. The van der Waals surface area contributed by atoms with Crippen LogP contribution in [0.25, 0.3) is 0 Å². The maximum atomic E-state index is 12.7. The summed E-state index contributed by atoms with van der Waals surface area (Å²) in [5.41, 5.74) is 0.999. The van der Waals surface area contributed by atoms with Crippen LogP contribution in [0.5, 0.6) is 5.75 Å². The predicted molar refractivity (Wildman–Crippen MR) is 87.2 cm³/mol. The second-order valence-electron chi connectivity index (χ2n) is 6.25. The Morgan fingerprint density at radius 2 is 1.96 bits per heavy atom. The summed E-state index contributed by atoms with van der Waals surface area (Å²) >= 11 is 0. The van der Waals surface area contributed by atoms with Crippen molar-refractivity contribution < 1.29 is 14.3 Å². The van der Waals surface area contributed by atoms with Crippen molar-refractivity contribution in [3.8, 4) is 5.75 Å². The largest absolute Gasteiger partial charge is 0.497 e. The van der Waals surface area contributed by atoms with Crippen molar-refractivity contribution in [3.63, 3.8) is 0 Å². The van der Waals surface area contributed by atoms with E-state index in [1.807, 2.05) is 41.0 Å². The highest BCUT2D eigenvalue weighted by molar-refractivity contribution is 5.81. The van der Waals surface area contributed by atoms with E-state index in [9.17, 15) is 9.59 Å². The number of nitrogens with zero attached hydrogens (tertiary/aromatic N) is 2. The standard InChI is InChI=1S/C18H24N2O3/c1-3-19-16-10-11-20(15(16)8-9-17(19)21)18(22)12-13-4-6-14(23-2)7-5-13/h4-7,15-16H,3,8-12H2,1-2H3/t15-,16-/m1/s1. The number of benzene rings is 1. The topological polar surface area (TPSA) is 49.9 Å². The second-order valence-corrected chi connectivity index (χ2v) is 6.25. The van der Waals surface area contributed by atoms with Gasteiger partial charge in [-0.15, -0.1) is 0 Å². The third-order valence-electron chi connectivity index (χ3n) is 5.06. The van der Waals surface area contributed by atoms with Crippen LogP contribution in [0.3, 0.4) is 0 Å². The van der Waals surface area contributed by atoms with E-state index in [2.05, 4.69) is 0 Å². The molecule has 0 bridgehead atoms. The molecule has 23 heavy (non-hydrogen) atoms. The zero-order valence-corrected chi connectivity index (χ0v) is 13.8. The van der Waals surface area contributed by atoms with Gasteiger partial charge in [-0.3, -0.25) is 9.59 Å². The van der Waals surface area contributed by atoms with Gasteiger partial charge in [-0.1, -0.05) is 12.1 Å². The minimum atomic E-state index is 0.160. The van der Waals surface area contributed by atoms with Gasteiger partial charge in [0, 0.05) is 19.5 Å². The Hall–Kier alpha value is -2.04. The molecule has 2 atom stereocenters. The van der Waals surface area contributed by atoms with E-state index in [-0.39, 0.29) is 23.9 Å². The monoisotopic (exact) mass is 316 g/mol. The smallest absolute Gasteiger partial charge is 0.227 e. The van der Waals surface area contributed by atoms with Crippen LogP contribution in [0.2, 0.25) is 0 Å². The molecule has 2 aliphatic rings. The van der Waals surface area contributed by atoms with Gasteiger partial charge < -0.3 is 14.5 Å². The van der Waals surface area contributed by atoms with Crippen LogP contribution in [-0.4, -0.2) is 53.9 Å². The fourth-order valence-corrected chi connectivity index (χ4v) is 3.89. The molecule has 0 aromatic heterocycles. The number of ether oxygens (including phenoxy) is 1. The number of likely N-dealkylation sites (N-methyl/N-ethyl adjacent to an activating group) is 1. The minimum absolute atomic E-state index is 0.160. The first-order valence-corrected chi connectivity index (χ1v) is 8.36. The van der Waals surface area contributed by atoms with Crippen molar-refractivity contribution in [1.29, 1.82) is 0 Å². The number of carbonyl (C=O) groups is 2. The maximum absolute atomic E-state index is 12.7. The van der Waals surface area contributed by atoms with Crippen molar-refractivity contribution in [2.24, 2.45) is 0 Å². The first-order chi connectivity index (χ1) is 11.1. The number of hydrogen-bond donors (Lipinski definition) is 0. The number of fused-ring (bicyclic) bond motifs is 1. The van der Waals surface area contributed by atoms with Gasteiger partial charge in [-0.05, 0) is 37.5 Å². The number of amides is 2. The predicted octanol–water partition coefficient (Wildman–Crippen LogP) is 1.85. The molecule has 124 valence electrons. The van der Waals surface area contributed by atoms with Crippen LogP contribution >= 0.6 is 0 Å². The average molecular weight is 316 g/mol. The van der Waals surface area contributed by atoms with Crippen molar-refractivity contribution in [1.82, 2.24) is 9.80 Å². The molecule has 3 rings (SSSR count). The van der Waals surface area contributed by atoms with Crippen LogP contribution in [0, 0.1) is 0 Å². The van der Waals surface area contributed by atoms with Gasteiger partial charge in [-0.2, -0.15) is 0 Å². The maximum Gasteiger partial charge on any atom is 0.227 e. The lowest BCUT2D eigenvalue weighted by Crippen LogP contribution is -2.53. The number of methoxy groups -OCH3 is 1. The zero-order chi connectivity index (χ0) is 16.4. The van der Waals surface area contributed by atoms with Gasteiger partial charge in [0.15, 0.2) is 0 Å². The summed E-state index contributed by atoms with van der Waals surface area (Å²) in [5, 5.41) is 0. The molecule has 0 spiro atoms. The summed E-state index contributed by atoms with van der Waals surface area (Å²) in [6, 6.07) is 8.04. The molecule has 5 heteroatoms. The van der Waals surface area contributed by atoms with E-state index >= 15 is 0 Å². The van der Waals surface area contributed by atoms with E-state index in [0.29, 0.717) is 12.8 Å². The molecule has 0 aliphatic carbocycles. The van der Waals surface area contributed by atoms with E-state index in [0.717, 1.165) is 37.2 Å². The minimum Gasteiger partial charge on any atom is -0.497 e. The van der Waals surface area contributed by atoms with Crippen molar-refractivity contribution >= 4 is 11.8 Å². The molecule has 0 unspecified atom stereocenters. The van der Waals surface area contributed by atoms with Gasteiger partial charge in [0.2, 0.25) is 11.8 Å². The van der Waals surface area contributed by atoms with Gasteiger partial charge >= 0.3 is 0 Å². The molecule has 0 radical (unpaired) electrons. The highest BCUT2D eigenvalue weighted by Crippen LogP contribution is 2.31. The Bertz CT molecular complexity index is 584. The lowest BCUT2D eigenvalue weighted by atomic mass is 9.96. The third kappa shape index (κ3) is 3.05. The van der Waals surface area contributed by atoms with Gasteiger partial charge in [0.05, 0.1) is 25.6 Å². The van der Waals surface area contributed by atoms with Crippen LogP contribution in [-0.2, 0) is 16.0 Å². The molecule has 2 fully saturated rings. The molecule has 0 saturated carbocycles. The van der Waals surface area contributed by atoms with Crippen molar-refractivity contribution in [2.75, 3.05) is 20.2 Å². The Kier molecular flexibility index (Phi) is 4.55. The van der Waals surface area contributed by atoms with Crippen LogP contribution in [0.15, 0.2) is 24.3 Å². The van der Waals surface area contributed by atoms with Crippen LogP contribution < -0.4 is 4.74 Å². The normalized spacial score (nSPS) is 23.8. The van der Waals surface area contributed by atoms with Crippen LogP contribution in [0.4, 0.5) is 0 Å². The lowest BCUT2D eigenvalue weighted by molar-refractivity contribution is -0.141. The molecular weight excluding hydrogens is 292 g/mol. The number of hydrogen-bond acceptors (Lipinski definition) is 3. The summed E-state index contributed by atoms with van der Waals surface area (Å²) in [4.78, 5) is 28.6. The highest BCUT2D eigenvalue weighted by atomic mass is 16.5. The SMILES string of the molecule is CCN1C(=O)CC[C@@H]2[C@H]1CCN2C(=O)Cc1ccc(OC)cc1. The molecule has 0 N–H and O–H groups in total. The number of carbonyl (C=O) groups excluding carboxylic acids is 2. The van der Waals surface area contributed by atoms with Gasteiger partial charge in [0.1, 0.15) is 5.75 Å². The average Bonchev–Trinajstić information content (AvgIpc) is 2.99. The summed E-state index contributed by atoms with van der Waals surface area (Å²) in [5.74, 6) is 1.19. The van der Waals surface area contributed by atoms with Gasteiger partial charge in [0.25, 0.3) is 0 Å². The summed E-state index contributed by atoms with van der Waals surface area (Å²) < 4.78 is 5.15. The molecule has 2 heterocycles. The summed E-state index contributed by atoms with van der Waals surface area (Å²) in [6.45, 7) is 3.51. The third-order valence-corrected chi connectivity index (χ3v) is 5.06. The molecule has 2 amide bonds. The molecule has 2 saturated heterocycles. The van der Waals surface area contributed by atoms with E-state index in [4.69, 9.17) is 4.74 Å². The highest BCUT2D eigenvalue weighted by Gasteiger charge is 2.43. The first-order valence-electron chi connectivity index (χ1n) is 8.36. The summed E-state index contributed by atoms with van der Waals surface area (Å²) in [6.07, 6.45) is 2.67. The Morgan fingerprint density at radius 1 is 1.22 bits per heavy atom. The Balaban J connectivity index is 1.67. The fraction of sp³-hybridized carbons (Fsp3) is 0.556. The van der Waals surface area contributed by atoms with Gasteiger partial charge in [-0.25, -0.2) is 0 Å². The Morgan fingerprint density at radius 3 is 2.61 bits per heavy atom. The van der Waals surface area contributed by atoms with E-state index < -0.39 is 0 Å². The summed E-state index contributed by atoms with van der Waals surface area (Å²) in [7, 11) is 1.63. The quantitative estimate of drug-likeness (QED) is 0.852. The molecule has 5 nitrogen and oxygen atoms in total. The fourth-order valence-electron chi connectivity index (χ4n) is 3.89. The number of piperidine rings is 1.